The largest absolute Gasteiger partial charge is 0.359 e. The topological polar surface area (TPSA) is 22.1 Å². The minimum atomic E-state index is 0.00849. The summed E-state index contributed by atoms with van der Waals surface area (Å²) in [7, 11) is 0. The maximum absolute atomic E-state index is 7.34. The summed E-state index contributed by atoms with van der Waals surface area (Å²) in [4.78, 5) is 4.37. The summed E-state index contributed by atoms with van der Waals surface area (Å²) in [6, 6.07) is 9.24. The van der Waals surface area contributed by atoms with Crippen molar-refractivity contribution in [2.75, 3.05) is 0 Å². The maximum Gasteiger partial charge on any atom is 0.0944 e. The smallest absolute Gasteiger partial charge is 0.0944 e. The van der Waals surface area contributed by atoms with Crippen molar-refractivity contribution in [1.82, 2.24) is 4.98 Å². The van der Waals surface area contributed by atoms with Crippen LogP contribution in [0.1, 0.15) is 76.7 Å². The number of aromatic nitrogens is 1. The first kappa shape index (κ1) is 18.6. The molecule has 2 nitrogen and oxygen atoms in total. The molecule has 1 aromatic carbocycles. The summed E-state index contributed by atoms with van der Waals surface area (Å²) in [5.41, 5.74) is 5.02. The van der Waals surface area contributed by atoms with Gasteiger partial charge in [-0.25, -0.2) is 0 Å². The second kappa shape index (κ2) is 6.10. The molecule has 1 saturated heterocycles. The molecule has 2 aromatic rings. The molecule has 3 fully saturated rings. The average Bonchev–Trinajstić information content (AvgIpc) is 3.28. The van der Waals surface area contributed by atoms with E-state index in [1.165, 1.54) is 73.3 Å². The highest BCUT2D eigenvalue weighted by molar-refractivity contribution is 5.82. The molecular formula is C29H33NO. The second-order valence-electron chi connectivity index (χ2n) is 11.5. The normalized spacial score (nSPS) is 43.1. The third-order valence-corrected chi connectivity index (χ3v) is 9.99. The quantitative estimate of drug-likeness (QED) is 0.499. The first-order valence-electron chi connectivity index (χ1n) is 12.5. The van der Waals surface area contributed by atoms with Crippen LogP contribution in [0.2, 0.25) is 0 Å². The molecule has 2 aliphatic heterocycles. The Hall–Kier alpha value is -1.93. The fourth-order valence-electron chi connectivity index (χ4n) is 8.56. The zero-order valence-corrected chi connectivity index (χ0v) is 18.9. The standard InChI is InChI=1S/C29H33NO/c1-19-3-6-23-16-24-9-11-27(2)25(21-5-4-20-10-14-30-18-22(20)15-21)7-8-26(27)29(24)13-12-28(23,17-19)31-29/h4-6,10,14-16,18-19,25-26H,3,7-9,11-13,17H2,1-2H3. The molecule has 31 heavy (non-hydrogen) atoms. The average molecular weight is 412 g/mol. The highest BCUT2D eigenvalue weighted by Crippen LogP contribution is 2.70. The lowest BCUT2D eigenvalue weighted by Crippen LogP contribution is -2.54. The van der Waals surface area contributed by atoms with E-state index in [2.05, 4.69) is 55.2 Å². The van der Waals surface area contributed by atoms with Crippen LogP contribution in [0.4, 0.5) is 0 Å². The molecule has 2 heteroatoms. The Balaban J connectivity index is 1.30. The Morgan fingerprint density at radius 3 is 2.94 bits per heavy atom. The number of pyridine rings is 1. The molecule has 5 aliphatic rings. The van der Waals surface area contributed by atoms with E-state index in [0.717, 1.165) is 5.92 Å². The zero-order valence-electron chi connectivity index (χ0n) is 18.9. The third-order valence-electron chi connectivity index (χ3n) is 9.99. The fraction of sp³-hybridized carbons (Fsp3) is 0.552. The molecule has 0 N–H and O–H groups in total. The van der Waals surface area contributed by atoms with Gasteiger partial charge in [0.1, 0.15) is 0 Å². The lowest BCUT2D eigenvalue weighted by Gasteiger charge is -2.55. The van der Waals surface area contributed by atoms with Crippen LogP contribution >= 0.6 is 0 Å². The van der Waals surface area contributed by atoms with Gasteiger partial charge in [0.2, 0.25) is 0 Å². The van der Waals surface area contributed by atoms with E-state index in [9.17, 15) is 0 Å². The first-order chi connectivity index (χ1) is 15.0. The van der Waals surface area contributed by atoms with Crippen LogP contribution in [0.15, 0.2) is 60.0 Å². The van der Waals surface area contributed by atoms with Gasteiger partial charge in [-0.05, 0) is 109 Å². The minimum Gasteiger partial charge on any atom is -0.359 e. The monoisotopic (exact) mass is 411 g/mol. The van der Waals surface area contributed by atoms with E-state index < -0.39 is 0 Å². The van der Waals surface area contributed by atoms with Crippen LogP contribution in [0.25, 0.3) is 10.8 Å². The third kappa shape index (κ3) is 2.35. The van der Waals surface area contributed by atoms with E-state index in [-0.39, 0.29) is 11.2 Å². The lowest BCUT2D eigenvalue weighted by molar-refractivity contribution is -0.143. The van der Waals surface area contributed by atoms with Crippen molar-refractivity contribution < 1.29 is 4.74 Å². The number of rotatable bonds is 1. The molecule has 2 saturated carbocycles. The van der Waals surface area contributed by atoms with Gasteiger partial charge >= 0.3 is 0 Å². The molecule has 160 valence electrons. The van der Waals surface area contributed by atoms with Crippen molar-refractivity contribution in [3.05, 3.63) is 65.5 Å². The minimum absolute atomic E-state index is 0.00849. The Labute approximate surface area is 185 Å². The van der Waals surface area contributed by atoms with Gasteiger partial charge in [-0.2, -0.15) is 0 Å². The number of allylic oxidation sites excluding steroid dienone is 1. The Morgan fingerprint density at radius 1 is 1.06 bits per heavy atom. The molecule has 0 radical (unpaired) electrons. The summed E-state index contributed by atoms with van der Waals surface area (Å²) in [6.45, 7) is 5.00. The van der Waals surface area contributed by atoms with Crippen LogP contribution in [-0.4, -0.2) is 16.2 Å². The molecular weight excluding hydrogens is 378 g/mol. The Morgan fingerprint density at radius 2 is 2.00 bits per heavy atom. The zero-order chi connectivity index (χ0) is 20.8. The number of benzene rings is 1. The van der Waals surface area contributed by atoms with E-state index >= 15 is 0 Å². The van der Waals surface area contributed by atoms with Crippen LogP contribution in [0.3, 0.4) is 0 Å². The van der Waals surface area contributed by atoms with E-state index in [0.29, 0.717) is 17.3 Å². The molecule has 6 unspecified atom stereocenters. The predicted molar refractivity (Wildman–Crippen MR) is 125 cm³/mol. The molecule has 3 heterocycles. The number of fused-ring (bicyclic) bond motifs is 2. The summed E-state index contributed by atoms with van der Waals surface area (Å²) in [6.07, 6.45) is 19.0. The maximum atomic E-state index is 7.34. The van der Waals surface area contributed by atoms with Gasteiger partial charge in [0.15, 0.2) is 0 Å². The van der Waals surface area contributed by atoms with Crippen molar-refractivity contribution in [3.8, 4) is 0 Å². The number of nitrogens with zero attached hydrogens (tertiary/aromatic N) is 1. The van der Waals surface area contributed by atoms with Crippen molar-refractivity contribution in [2.45, 2.75) is 82.3 Å². The van der Waals surface area contributed by atoms with Crippen LogP contribution in [0.5, 0.6) is 0 Å². The second-order valence-corrected chi connectivity index (χ2v) is 11.5. The van der Waals surface area contributed by atoms with Gasteiger partial charge in [-0.3, -0.25) is 4.98 Å². The molecule has 2 bridgehead atoms. The van der Waals surface area contributed by atoms with Gasteiger partial charge in [0.05, 0.1) is 11.2 Å². The van der Waals surface area contributed by atoms with Crippen LogP contribution in [0, 0.1) is 17.3 Å². The number of hydrogen-bond acceptors (Lipinski definition) is 2. The van der Waals surface area contributed by atoms with Crippen LogP contribution in [-0.2, 0) is 4.74 Å². The number of ether oxygens (including phenoxy) is 1. The molecule has 1 aromatic heterocycles. The highest BCUT2D eigenvalue weighted by Gasteiger charge is 2.66. The SMILES string of the molecule is CC1CC=C2C=C3CCC4(C)C(c5ccc6ccncc6c5)CCC4C34CCC2(C1)O4. The van der Waals surface area contributed by atoms with Gasteiger partial charge in [-0.1, -0.05) is 38.1 Å². The van der Waals surface area contributed by atoms with Crippen molar-refractivity contribution in [3.63, 3.8) is 0 Å². The molecule has 2 spiro atoms. The lowest BCUT2D eigenvalue weighted by atomic mass is 9.56. The molecule has 6 atom stereocenters. The predicted octanol–water partition coefficient (Wildman–Crippen LogP) is 7.11. The summed E-state index contributed by atoms with van der Waals surface area (Å²) in [5, 5.41) is 2.58. The van der Waals surface area contributed by atoms with Gasteiger partial charge in [0, 0.05) is 17.8 Å². The summed E-state index contributed by atoms with van der Waals surface area (Å²) >= 11 is 0. The van der Waals surface area contributed by atoms with E-state index in [1.54, 1.807) is 5.57 Å². The van der Waals surface area contributed by atoms with Gasteiger partial charge in [-0.15, -0.1) is 0 Å². The number of hydrogen-bond donors (Lipinski definition) is 0. The van der Waals surface area contributed by atoms with Crippen molar-refractivity contribution in [2.24, 2.45) is 17.3 Å². The summed E-state index contributed by atoms with van der Waals surface area (Å²) < 4.78 is 7.34. The summed E-state index contributed by atoms with van der Waals surface area (Å²) in [5.74, 6) is 2.01. The van der Waals surface area contributed by atoms with E-state index in [1.807, 2.05) is 12.4 Å². The molecule has 3 aliphatic carbocycles. The Bertz CT molecular complexity index is 1150. The van der Waals surface area contributed by atoms with Crippen molar-refractivity contribution >= 4 is 10.8 Å². The highest BCUT2D eigenvalue weighted by atomic mass is 16.5. The van der Waals surface area contributed by atoms with Gasteiger partial charge in [0.25, 0.3) is 0 Å². The molecule has 7 rings (SSSR count). The first-order valence-corrected chi connectivity index (χ1v) is 12.5. The van der Waals surface area contributed by atoms with Crippen LogP contribution < -0.4 is 0 Å². The molecule has 0 amide bonds. The fourth-order valence-corrected chi connectivity index (χ4v) is 8.56. The van der Waals surface area contributed by atoms with Gasteiger partial charge < -0.3 is 4.74 Å². The van der Waals surface area contributed by atoms with E-state index in [4.69, 9.17) is 4.74 Å². The Kier molecular flexibility index (Phi) is 3.66. The van der Waals surface area contributed by atoms with Crippen molar-refractivity contribution in [1.29, 1.82) is 0 Å².